The molecule has 1 saturated heterocycles. The highest BCUT2D eigenvalue weighted by molar-refractivity contribution is 5.96. The third kappa shape index (κ3) is 6.03. The molecule has 1 heterocycles. The van der Waals surface area contributed by atoms with Gasteiger partial charge in [0, 0.05) is 30.2 Å². The number of amides is 1. The molecule has 0 spiro atoms. The SMILES string of the molecule is CC(Nc1ccc(Oc2ccc(C#N)cc2)cc1)C(=O)Nc1ccc(N2CCOCC2)cc1. The number of benzene rings is 3. The predicted molar refractivity (Wildman–Crippen MR) is 129 cm³/mol. The first kappa shape index (κ1) is 22.2. The Hall–Kier alpha value is -4.02. The molecule has 0 bridgehead atoms. The number of morpholine rings is 1. The Kier molecular flexibility index (Phi) is 7.08. The van der Waals surface area contributed by atoms with Gasteiger partial charge in [0.05, 0.1) is 24.8 Å². The van der Waals surface area contributed by atoms with Crippen LogP contribution in [0.1, 0.15) is 12.5 Å². The Morgan fingerprint density at radius 3 is 2.12 bits per heavy atom. The van der Waals surface area contributed by atoms with E-state index in [9.17, 15) is 4.79 Å². The number of hydrogen-bond acceptors (Lipinski definition) is 6. The first-order chi connectivity index (χ1) is 16.1. The minimum Gasteiger partial charge on any atom is -0.457 e. The highest BCUT2D eigenvalue weighted by Crippen LogP contribution is 2.24. The van der Waals surface area contributed by atoms with Crippen LogP contribution in [0.15, 0.2) is 72.8 Å². The summed E-state index contributed by atoms with van der Waals surface area (Å²) in [6, 6.07) is 23.8. The molecule has 0 radical (unpaired) electrons. The highest BCUT2D eigenvalue weighted by atomic mass is 16.5. The number of ether oxygens (including phenoxy) is 2. The molecule has 1 aliphatic rings. The van der Waals surface area contributed by atoms with Crippen LogP contribution in [0.4, 0.5) is 17.1 Å². The van der Waals surface area contributed by atoms with Crippen LogP contribution in [0.3, 0.4) is 0 Å². The maximum absolute atomic E-state index is 12.6. The van der Waals surface area contributed by atoms with Crippen LogP contribution in [0.2, 0.25) is 0 Å². The van der Waals surface area contributed by atoms with Gasteiger partial charge in [-0.05, 0) is 79.7 Å². The van der Waals surface area contributed by atoms with Gasteiger partial charge in [-0.2, -0.15) is 5.26 Å². The average molecular weight is 443 g/mol. The van der Waals surface area contributed by atoms with Gasteiger partial charge in [-0.25, -0.2) is 0 Å². The number of rotatable bonds is 7. The van der Waals surface area contributed by atoms with Crippen LogP contribution in [0.25, 0.3) is 0 Å². The number of anilines is 3. The zero-order valence-electron chi connectivity index (χ0n) is 18.5. The highest BCUT2D eigenvalue weighted by Gasteiger charge is 2.14. The fourth-order valence-corrected chi connectivity index (χ4v) is 3.50. The maximum atomic E-state index is 12.6. The van der Waals surface area contributed by atoms with E-state index in [1.54, 1.807) is 24.3 Å². The van der Waals surface area contributed by atoms with Gasteiger partial charge in [0.2, 0.25) is 5.91 Å². The van der Waals surface area contributed by atoms with Crippen molar-refractivity contribution in [2.24, 2.45) is 0 Å². The molecule has 1 unspecified atom stereocenters. The van der Waals surface area contributed by atoms with Gasteiger partial charge >= 0.3 is 0 Å². The van der Waals surface area contributed by atoms with Crippen molar-refractivity contribution in [3.8, 4) is 17.6 Å². The van der Waals surface area contributed by atoms with Crippen LogP contribution in [0.5, 0.6) is 11.5 Å². The lowest BCUT2D eigenvalue weighted by Crippen LogP contribution is -2.36. The number of carbonyl (C=O) groups excluding carboxylic acids is 1. The smallest absolute Gasteiger partial charge is 0.246 e. The molecule has 33 heavy (non-hydrogen) atoms. The van der Waals surface area contributed by atoms with Crippen molar-refractivity contribution in [3.63, 3.8) is 0 Å². The summed E-state index contributed by atoms with van der Waals surface area (Å²) in [4.78, 5) is 14.9. The zero-order valence-corrected chi connectivity index (χ0v) is 18.5. The molecule has 1 atom stereocenters. The molecule has 7 heteroatoms. The summed E-state index contributed by atoms with van der Waals surface area (Å²) in [6.45, 7) is 5.06. The molecule has 0 aromatic heterocycles. The van der Waals surface area contributed by atoms with E-state index in [0.717, 1.165) is 43.4 Å². The second kappa shape index (κ2) is 10.5. The Morgan fingerprint density at radius 1 is 0.939 bits per heavy atom. The fourth-order valence-electron chi connectivity index (χ4n) is 3.50. The lowest BCUT2D eigenvalue weighted by molar-refractivity contribution is -0.116. The van der Waals surface area contributed by atoms with E-state index in [0.29, 0.717) is 17.1 Å². The fraction of sp³-hybridized carbons (Fsp3) is 0.231. The maximum Gasteiger partial charge on any atom is 0.246 e. The van der Waals surface area contributed by atoms with E-state index in [-0.39, 0.29) is 5.91 Å². The molecule has 0 saturated carbocycles. The Balaban J connectivity index is 1.28. The van der Waals surface area contributed by atoms with E-state index in [2.05, 4.69) is 21.6 Å². The van der Waals surface area contributed by atoms with Crippen molar-refractivity contribution in [1.82, 2.24) is 0 Å². The second-order valence-electron chi connectivity index (χ2n) is 7.76. The Morgan fingerprint density at radius 2 is 1.52 bits per heavy atom. The minimum absolute atomic E-state index is 0.118. The molecule has 1 fully saturated rings. The van der Waals surface area contributed by atoms with Crippen molar-refractivity contribution in [1.29, 1.82) is 5.26 Å². The van der Waals surface area contributed by atoms with E-state index in [4.69, 9.17) is 14.7 Å². The van der Waals surface area contributed by atoms with Crippen molar-refractivity contribution in [3.05, 3.63) is 78.4 Å². The number of nitriles is 1. The lowest BCUT2D eigenvalue weighted by Gasteiger charge is -2.29. The van der Waals surface area contributed by atoms with Gasteiger partial charge in [0.15, 0.2) is 0 Å². The van der Waals surface area contributed by atoms with Gasteiger partial charge < -0.3 is 25.0 Å². The van der Waals surface area contributed by atoms with Gasteiger partial charge in [-0.15, -0.1) is 0 Å². The molecule has 3 aromatic carbocycles. The van der Waals surface area contributed by atoms with Gasteiger partial charge in [-0.3, -0.25) is 4.79 Å². The summed E-state index contributed by atoms with van der Waals surface area (Å²) < 4.78 is 11.2. The molecule has 168 valence electrons. The van der Waals surface area contributed by atoms with Crippen molar-refractivity contribution in [2.45, 2.75) is 13.0 Å². The van der Waals surface area contributed by atoms with Crippen LogP contribution in [0, 0.1) is 11.3 Å². The Bertz CT molecular complexity index is 1100. The van der Waals surface area contributed by atoms with Crippen molar-refractivity contribution in [2.75, 3.05) is 41.8 Å². The van der Waals surface area contributed by atoms with Gasteiger partial charge in [0.1, 0.15) is 17.5 Å². The quantitative estimate of drug-likeness (QED) is 0.555. The molecule has 4 rings (SSSR count). The van der Waals surface area contributed by atoms with Gasteiger partial charge in [-0.1, -0.05) is 0 Å². The summed E-state index contributed by atoms with van der Waals surface area (Å²) >= 11 is 0. The minimum atomic E-state index is -0.422. The van der Waals surface area contributed by atoms with Crippen LogP contribution in [-0.4, -0.2) is 38.3 Å². The van der Waals surface area contributed by atoms with E-state index >= 15 is 0 Å². The Labute approximate surface area is 193 Å². The third-order valence-electron chi connectivity index (χ3n) is 5.36. The second-order valence-corrected chi connectivity index (χ2v) is 7.76. The van der Waals surface area contributed by atoms with Gasteiger partial charge in [0.25, 0.3) is 0 Å². The molecule has 1 aliphatic heterocycles. The third-order valence-corrected chi connectivity index (χ3v) is 5.36. The number of hydrogen-bond donors (Lipinski definition) is 2. The average Bonchev–Trinajstić information content (AvgIpc) is 2.86. The van der Waals surface area contributed by atoms with E-state index < -0.39 is 6.04 Å². The van der Waals surface area contributed by atoms with Crippen LogP contribution >= 0.6 is 0 Å². The molecular weight excluding hydrogens is 416 g/mol. The summed E-state index contributed by atoms with van der Waals surface area (Å²) in [5.74, 6) is 1.21. The summed E-state index contributed by atoms with van der Waals surface area (Å²) in [6.07, 6.45) is 0. The van der Waals surface area contributed by atoms with Crippen molar-refractivity contribution < 1.29 is 14.3 Å². The molecule has 0 aliphatic carbocycles. The predicted octanol–water partition coefficient (Wildman–Crippen LogP) is 4.63. The summed E-state index contributed by atoms with van der Waals surface area (Å²) in [5.41, 5.74) is 3.29. The molecule has 1 amide bonds. The normalized spacial score (nSPS) is 14.1. The summed E-state index contributed by atoms with van der Waals surface area (Å²) in [7, 11) is 0. The number of nitrogens with one attached hydrogen (secondary N) is 2. The lowest BCUT2D eigenvalue weighted by atomic mass is 10.2. The number of carbonyl (C=O) groups is 1. The van der Waals surface area contributed by atoms with E-state index in [1.165, 1.54) is 0 Å². The van der Waals surface area contributed by atoms with E-state index in [1.807, 2.05) is 55.5 Å². The summed E-state index contributed by atoms with van der Waals surface area (Å²) in [5, 5.41) is 15.0. The zero-order chi connectivity index (χ0) is 23.0. The molecular formula is C26H26N4O3. The van der Waals surface area contributed by atoms with Crippen molar-refractivity contribution >= 4 is 23.0 Å². The molecule has 3 aromatic rings. The molecule has 7 nitrogen and oxygen atoms in total. The van der Waals surface area contributed by atoms with Crippen LogP contribution < -0.4 is 20.3 Å². The number of nitrogens with zero attached hydrogens (tertiary/aromatic N) is 2. The molecule has 2 N–H and O–H groups in total. The largest absolute Gasteiger partial charge is 0.457 e. The van der Waals surface area contributed by atoms with Crippen LogP contribution in [-0.2, 0) is 9.53 Å². The first-order valence-electron chi connectivity index (χ1n) is 10.9. The topological polar surface area (TPSA) is 86.6 Å². The standard InChI is InChI=1S/C26H26N4O3/c1-19(26(31)29-22-4-8-23(9-5-22)30-14-16-32-17-15-30)28-21-6-12-25(13-7-21)33-24-10-2-20(18-27)3-11-24/h2-13,19,28H,14-17H2,1H3,(H,29,31). The monoisotopic (exact) mass is 442 g/mol. The first-order valence-corrected chi connectivity index (χ1v) is 10.9.